The molecule has 0 saturated carbocycles. The number of likely N-dealkylation sites (N-methyl/N-ethyl adjacent to an activating group) is 1. The van der Waals surface area contributed by atoms with Crippen LogP contribution in [0.1, 0.15) is 12.0 Å². The Morgan fingerprint density at radius 2 is 2.21 bits per heavy atom. The van der Waals surface area contributed by atoms with E-state index in [-0.39, 0.29) is 11.9 Å². The van der Waals surface area contributed by atoms with Gasteiger partial charge in [0.25, 0.3) is 0 Å². The average molecular weight is 258 g/mol. The van der Waals surface area contributed by atoms with E-state index in [1.54, 1.807) is 12.1 Å². The van der Waals surface area contributed by atoms with Crippen molar-refractivity contribution in [3.63, 3.8) is 0 Å². The summed E-state index contributed by atoms with van der Waals surface area (Å²) in [7, 11) is 1.84. The number of anilines is 1. The van der Waals surface area contributed by atoms with Gasteiger partial charge in [0.1, 0.15) is 6.04 Å². The van der Waals surface area contributed by atoms with Gasteiger partial charge < -0.3 is 15.5 Å². The van der Waals surface area contributed by atoms with Crippen molar-refractivity contribution < 1.29 is 4.79 Å². The zero-order valence-electron chi connectivity index (χ0n) is 11.0. The number of nitrogens with zero attached hydrogens (tertiary/aromatic N) is 2. The van der Waals surface area contributed by atoms with Gasteiger partial charge in [-0.1, -0.05) is 0 Å². The zero-order valence-corrected chi connectivity index (χ0v) is 11.0. The fraction of sp³-hybridized carbons (Fsp3) is 0.429. The lowest BCUT2D eigenvalue weighted by Gasteiger charge is -2.30. The van der Waals surface area contributed by atoms with Crippen molar-refractivity contribution in [2.45, 2.75) is 12.5 Å². The van der Waals surface area contributed by atoms with Crippen molar-refractivity contribution >= 4 is 11.6 Å². The molecule has 1 fully saturated rings. The molecule has 1 saturated heterocycles. The molecule has 1 heterocycles. The van der Waals surface area contributed by atoms with Crippen molar-refractivity contribution in [1.82, 2.24) is 10.6 Å². The van der Waals surface area contributed by atoms with Crippen LogP contribution in [0.3, 0.4) is 0 Å². The Balaban J connectivity index is 2.26. The van der Waals surface area contributed by atoms with Crippen LogP contribution in [0.4, 0.5) is 5.69 Å². The van der Waals surface area contributed by atoms with Gasteiger partial charge in [0, 0.05) is 25.3 Å². The fourth-order valence-electron chi connectivity index (χ4n) is 2.31. The van der Waals surface area contributed by atoms with Crippen LogP contribution >= 0.6 is 0 Å². The predicted molar refractivity (Wildman–Crippen MR) is 73.8 cm³/mol. The van der Waals surface area contributed by atoms with Gasteiger partial charge in [-0.2, -0.15) is 5.26 Å². The van der Waals surface area contributed by atoms with Gasteiger partial charge in [-0.05, 0) is 37.7 Å². The summed E-state index contributed by atoms with van der Waals surface area (Å²) in [6.07, 6.45) is 0.923. The molecule has 1 unspecified atom stereocenters. The minimum atomic E-state index is -0.208. The number of amides is 1. The highest BCUT2D eigenvalue weighted by Gasteiger charge is 2.27. The summed E-state index contributed by atoms with van der Waals surface area (Å²) in [6.45, 7) is 2.15. The number of carbonyl (C=O) groups is 1. The lowest BCUT2D eigenvalue weighted by molar-refractivity contribution is -0.121. The first kappa shape index (κ1) is 13.4. The number of nitriles is 1. The normalized spacial score (nSPS) is 19.5. The summed E-state index contributed by atoms with van der Waals surface area (Å²) in [4.78, 5) is 14.2. The van der Waals surface area contributed by atoms with Crippen LogP contribution in [0.5, 0.6) is 0 Å². The fourth-order valence-corrected chi connectivity index (χ4v) is 2.31. The SMILES string of the molecule is CNCC1C(=O)NCCCN1c1ccc(C#N)cc1. The topological polar surface area (TPSA) is 68.2 Å². The summed E-state index contributed by atoms with van der Waals surface area (Å²) in [6, 6.07) is 9.27. The van der Waals surface area contributed by atoms with E-state index in [9.17, 15) is 4.79 Å². The number of nitrogens with one attached hydrogen (secondary N) is 2. The number of rotatable bonds is 3. The monoisotopic (exact) mass is 258 g/mol. The maximum absolute atomic E-state index is 12.1. The van der Waals surface area contributed by atoms with Crippen LogP contribution in [0.25, 0.3) is 0 Å². The third-order valence-electron chi connectivity index (χ3n) is 3.28. The molecule has 5 nitrogen and oxygen atoms in total. The molecular formula is C14H18N4O. The summed E-state index contributed by atoms with van der Waals surface area (Å²) in [5.74, 6) is 0.0520. The lowest BCUT2D eigenvalue weighted by Crippen LogP contribution is -2.49. The van der Waals surface area contributed by atoms with Crippen molar-refractivity contribution in [3.05, 3.63) is 29.8 Å². The lowest BCUT2D eigenvalue weighted by atomic mass is 10.1. The van der Waals surface area contributed by atoms with Crippen LogP contribution < -0.4 is 15.5 Å². The van der Waals surface area contributed by atoms with Crippen molar-refractivity contribution in [1.29, 1.82) is 5.26 Å². The summed E-state index contributed by atoms with van der Waals surface area (Å²) >= 11 is 0. The first-order valence-electron chi connectivity index (χ1n) is 6.45. The first-order valence-corrected chi connectivity index (χ1v) is 6.45. The second-order valence-electron chi connectivity index (χ2n) is 4.57. The largest absolute Gasteiger partial charge is 0.358 e. The highest BCUT2D eigenvalue weighted by atomic mass is 16.2. The molecule has 1 aromatic rings. The molecule has 0 bridgehead atoms. The molecular weight excluding hydrogens is 240 g/mol. The Kier molecular flexibility index (Phi) is 4.37. The molecule has 2 rings (SSSR count). The molecule has 1 amide bonds. The van der Waals surface area contributed by atoms with E-state index in [1.807, 2.05) is 19.2 Å². The van der Waals surface area contributed by atoms with Crippen LogP contribution in [-0.2, 0) is 4.79 Å². The van der Waals surface area contributed by atoms with Crippen LogP contribution in [0.15, 0.2) is 24.3 Å². The van der Waals surface area contributed by atoms with Gasteiger partial charge in [-0.15, -0.1) is 0 Å². The molecule has 1 aliphatic heterocycles. The zero-order chi connectivity index (χ0) is 13.7. The Hall–Kier alpha value is -2.06. The van der Waals surface area contributed by atoms with E-state index in [2.05, 4.69) is 21.6 Å². The Labute approximate surface area is 113 Å². The summed E-state index contributed by atoms with van der Waals surface area (Å²) < 4.78 is 0. The molecule has 1 aliphatic rings. The maximum Gasteiger partial charge on any atom is 0.244 e. The van der Waals surface area contributed by atoms with E-state index in [4.69, 9.17) is 5.26 Å². The van der Waals surface area contributed by atoms with Gasteiger partial charge in [0.05, 0.1) is 11.6 Å². The minimum Gasteiger partial charge on any atom is -0.358 e. The van der Waals surface area contributed by atoms with Crippen molar-refractivity contribution in [3.8, 4) is 6.07 Å². The Morgan fingerprint density at radius 1 is 1.47 bits per heavy atom. The average Bonchev–Trinajstić information content (AvgIpc) is 2.62. The van der Waals surface area contributed by atoms with Gasteiger partial charge in [-0.25, -0.2) is 0 Å². The van der Waals surface area contributed by atoms with E-state index in [0.717, 1.165) is 18.7 Å². The predicted octanol–water partition coefficient (Wildman–Crippen LogP) is 0.473. The standard InChI is InChI=1S/C14H18N4O/c1-16-10-13-14(19)17-7-2-8-18(13)12-5-3-11(9-15)4-6-12/h3-6,13,16H,2,7-8,10H2,1H3,(H,17,19). The number of benzene rings is 1. The van der Waals surface area contributed by atoms with Crippen molar-refractivity contribution in [2.75, 3.05) is 31.6 Å². The van der Waals surface area contributed by atoms with Gasteiger partial charge >= 0.3 is 0 Å². The third kappa shape index (κ3) is 3.04. The molecule has 19 heavy (non-hydrogen) atoms. The third-order valence-corrected chi connectivity index (χ3v) is 3.28. The molecule has 2 N–H and O–H groups in total. The second-order valence-corrected chi connectivity index (χ2v) is 4.57. The Morgan fingerprint density at radius 3 is 2.84 bits per heavy atom. The van der Waals surface area contributed by atoms with E-state index in [0.29, 0.717) is 18.7 Å². The molecule has 1 aromatic carbocycles. The van der Waals surface area contributed by atoms with Crippen molar-refractivity contribution in [2.24, 2.45) is 0 Å². The maximum atomic E-state index is 12.1. The van der Waals surface area contributed by atoms with Gasteiger partial charge in [0.15, 0.2) is 0 Å². The number of hydrogen-bond donors (Lipinski definition) is 2. The number of hydrogen-bond acceptors (Lipinski definition) is 4. The molecule has 0 aliphatic carbocycles. The molecule has 5 heteroatoms. The van der Waals surface area contributed by atoms with E-state index >= 15 is 0 Å². The quantitative estimate of drug-likeness (QED) is 0.827. The first-order chi connectivity index (χ1) is 9.26. The van der Waals surface area contributed by atoms with Gasteiger partial charge in [0.2, 0.25) is 5.91 Å². The second kappa shape index (κ2) is 6.21. The summed E-state index contributed by atoms with van der Waals surface area (Å²) in [5.41, 5.74) is 1.62. The van der Waals surface area contributed by atoms with Crippen LogP contribution in [-0.4, -0.2) is 38.6 Å². The smallest absolute Gasteiger partial charge is 0.244 e. The molecule has 0 radical (unpaired) electrons. The number of carbonyl (C=O) groups excluding carboxylic acids is 1. The van der Waals surface area contributed by atoms with Crippen LogP contribution in [0.2, 0.25) is 0 Å². The molecule has 100 valence electrons. The van der Waals surface area contributed by atoms with E-state index in [1.165, 1.54) is 0 Å². The Bertz CT molecular complexity index is 477. The molecule has 1 atom stereocenters. The van der Waals surface area contributed by atoms with E-state index < -0.39 is 0 Å². The highest BCUT2D eigenvalue weighted by molar-refractivity contribution is 5.86. The summed E-state index contributed by atoms with van der Waals surface area (Å²) in [5, 5.41) is 14.8. The van der Waals surface area contributed by atoms with Gasteiger partial charge in [-0.3, -0.25) is 4.79 Å². The molecule has 0 aromatic heterocycles. The minimum absolute atomic E-state index is 0.0520. The van der Waals surface area contributed by atoms with Crippen LogP contribution in [0, 0.1) is 11.3 Å². The molecule has 0 spiro atoms. The highest BCUT2D eigenvalue weighted by Crippen LogP contribution is 2.19.